The van der Waals surface area contributed by atoms with Crippen molar-refractivity contribution >= 4 is 0 Å². The first-order valence-electron chi connectivity index (χ1n) is 4.26. The third-order valence-electron chi connectivity index (χ3n) is 2.88. The lowest BCUT2D eigenvalue weighted by Crippen LogP contribution is -2.72. The molecule has 1 aliphatic carbocycles. The maximum absolute atomic E-state index is 8.89. The van der Waals surface area contributed by atoms with Crippen molar-refractivity contribution < 1.29 is 18.9 Å². The van der Waals surface area contributed by atoms with Crippen molar-refractivity contribution in [2.45, 2.75) is 18.0 Å². The van der Waals surface area contributed by atoms with Gasteiger partial charge in [0.15, 0.2) is 0 Å². The Morgan fingerprint density at radius 3 is 1.86 bits per heavy atom. The highest BCUT2D eigenvalue weighted by Gasteiger charge is 2.70. The molecule has 0 spiro atoms. The van der Waals surface area contributed by atoms with E-state index in [-0.39, 0.29) is 5.92 Å². The Balaban J connectivity index is 2.99. The Bertz CT molecular complexity index is 240. The van der Waals surface area contributed by atoms with E-state index in [4.69, 9.17) is 24.2 Å². The molecule has 14 heavy (non-hydrogen) atoms. The van der Waals surface area contributed by atoms with Crippen LogP contribution in [0.15, 0.2) is 0 Å². The molecule has 5 heteroatoms. The summed E-state index contributed by atoms with van der Waals surface area (Å²) in [6.45, 7) is 0. The molecule has 1 rings (SSSR count). The second-order valence-corrected chi connectivity index (χ2v) is 3.12. The van der Waals surface area contributed by atoms with E-state index >= 15 is 0 Å². The summed E-state index contributed by atoms with van der Waals surface area (Å²) in [5, 5.41) is 8.89. The molecule has 1 unspecified atom stereocenters. The molecule has 0 aromatic rings. The van der Waals surface area contributed by atoms with Crippen LogP contribution < -0.4 is 0 Å². The first-order valence-corrected chi connectivity index (χ1v) is 4.26. The second-order valence-electron chi connectivity index (χ2n) is 3.12. The summed E-state index contributed by atoms with van der Waals surface area (Å²) >= 11 is 0. The fourth-order valence-electron chi connectivity index (χ4n) is 2.02. The topological polar surface area (TPSA) is 60.7 Å². The number of ether oxygens (including phenoxy) is 4. The second kappa shape index (κ2) is 3.83. The molecule has 1 atom stereocenters. The van der Waals surface area contributed by atoms with Gasteiger partial charge in [0.05, 0.1) is 6.07 Å². The van der Waals surface area contributed by atoms with E-state index in [1.54, 1.807) is 0 Å². The van der Waals surface area contributed by atoms with E-state index in [1.807, 2.05) is 0 Å². The van der Waals surface area contributed by atoms with E-state index in [1.165, 1.54) is 28.4 Å². The first-order chi connectivity index (χ1) is 6.66. The van der Waals surface area contributed by atoms with E-state index in [0.29, 0.717) is 6.42 Å². The van der Waals surface area contributed by atoms with Crippen molar-refractivity contribution in [1.82, 2.24) is 0 Å². The molecule has 5 nitrogen and oxygen atoms in total. The van der Waals surface area contributed by atoms with Crippen molar-refractivity contribution in [3.63, 3.8) is 0 Å². The van der Waals surface area contributed by atoms with Crippen LogP contribution in [-0.2, 0) is 18.9 Å². The molecule has 1 saturated carbocycles. The molecule has 1 fully saturated rings. The van der Waals surface area contributed by atoms with Gasteiger partial charge >= 0.3 is 0 Å². The molecule has 0 aromatic carbocycles. The fourth-order valence-corrected chi connectivity index (χ4v) is 2.02. The van der Waals surface area contributed by atoms with E-state index < -0.39 is 11.6 Å². The molecule has 0 bridgehead atoms. The first kappa shape index (κ1) is 11.4. The largest absolute Gasteiger partial charge is 0.349 e. The fraction of sp³-hybridized carbons (Fsp3) is 0.889. The minimum Gasteiger partial charge on any atom is -0.349 e. The Morgan fingerprint density at radius 2 is 1.57 bits per heavy atom. The maximum Gasteiger partial charge on any atom is 0.239 e. The van der Waals surface area contributed by atoms with Gasteiger partial charge in [-0.1, -0.05) is 0 Å². The minimum atomic E-state index is -1.12. The van der Waals surface area contributed by atoms with Crippen LogP contribution in [0.25, 0.3) is 0 Å². The zero-order chi connectivity index (χ0) is 10.8. The van der Waals surface area contributed by atoms with Crippen molar-refractivity contribution in [1.29, 1.82) is 5.26 Å². The minimum absolute atomic E-state index is 0.377. The zero-order valence-electron chi connectivity index (χ0n) is 8.86. The number of rotatable bonds is 4. The highest BCUT2D eigenvalue weighted by molar-refractivity contribution is 5.14. The predicted molar refractivity (Wildman–Crippen MR) is 47.2 cm³/mol. The van der Waals surface area contributed by atoms with Gasteiger partial charge in [-0.25, -0.2) is 0 Å². The van der Waals surface area contributed by atoms with Crippen molar-refractivity contribution in [3.8, 4) is 6.07 Å². The van der Waals surface area contributed by atoms with Gasteiger partial charge in [-0.05, 0) is 0 Å². The number of methoxy groups -OCH3 is 4. The molecule has 0 heterocycles. The lowest BCUT2D eigenvalue weighted by Gasteiger charge is -2.56. The number of hydrogen-bond donors (Lipinski definition) is 0. The van der Waals surface area contributed by atoms with Crippen LogP contribution in [-0.4, -0.2) is 40.0 Å². The van der Waals surface area contributed by atoms with Crippen LogP contribution in [0.2, 0.25) is 0 Å². The summed E-state index contributed by atoms with van der Waals surface area (Å²) in [7, 11) is 5.95. The van der Waals surface area contributed by atoms with Crippen LogP contribution in [0.5, 0.6) is 0 Å². The lowest BCUT2D eigenvalue weighted by molar-refractivity contribution is -0.453. The Hall–Kier alpha value is -0.670. The van der Waals surface area contributed by atoms with Gasteiger partial charge in [-0.3, -0.25) is 0 Å². The van der Waals surface area contributed by atoms with E-state index in [9.17, 15) is 0 Å². The van der Waals surface area contributed by atoms with E-state index in [2.05, 4.69) is 6.07 Å². The van der Waals surface area contributed by atoms with Crippen molar-refractivity contribution in [2.24, 2.45) is 5.92 Å². The van der Waals surface area contributed by atoms with Crippen LogP contribution in [0.4, 0.5) is 0 Å². The normalized spacial score (nSPS) is 27.8. The quantitative estimate of drug-likeness (QED) is 0.620. The average molecular weight is 201 g/mol. The third kappa shape index (κ3) is 1.09. The lowest BCUT2D eigenvalue weighted by atomic mass is 9.72. The summed E-state index contributed by atoms with van der Waals surface area (Å²) in [4.78, 5) is 0. The molecule has 0 N–H and O–H groups in total. The molecule has 0 saturated heterocycles. The van der Waals surface area contributed by atoms with Crippen LogP contribution >= 0.6 is 0 Å². The summed E-state index contributed by atoms with van der Waals surface area (Å²) in [6.07, 6.45) is 0.443. The van der Waals surface area contributed by atoms with Crippen LogP contribution in [0.1, 0.15) is 6.42 Å². The molecule has 0 amide bonds. The van der Waals surface area contributed by atoms with Crippen molar-refractivity contribution in [2.75, 3.05) is 28.4 Å². The molecular weight excluding hydrogens is 186 g/mol. The standard InChI is InChI=1S/C9H15NO4/c1-11-8(12-2)5-7(6-10)9(8,13-3)14-4/h7H,5H2,1-4H3. The highest BCUT2D eigenvalue weighted by atomic mass is 16.8. The molecule has 0 aliphatic heterocycles. The van der Waals surface area contributed by atoms with Gasteiger partial charge < -0.3 is 18.9 Å². The molecule has 80 valence electrons. The maximum atomic E-state index is 8.89. The third-order valence-corrected chi connectivity index (χ3v) is 2.88. The Labute approximate surface area is 83.5 Å². The van der Waals surface area contributed by atoms with Crippen LogP contribution in [0.3, 0.4) is 0 Å². The monoisotopic (exact) mass is 201 g/mol. The van der Waals surface area contributed by atoms with Gasteiger partial charge in [-0.15, -0.1) is 0 Å². The van der Waals surface area contributed by atoms with Gasteiger partial charge in [-0.2, -0.15) is 5.26 Å². The highest BCUT2D eigenvalue weighted by Crippen LogP contribution is 2.52. The molecule has 0 radical (unpaired) electrons. The number of nitriles is 1. The summed E-state index contributed by atoms with van der Waals surface area (Å²) in [5.41, 5.74) is 0. The Morgan fingerprint density at radius 1 is 1.07 bits per heavy atom. The summed E-state index contributed by atoms with van der Waals surface area (Å²) in [6, 6.07) is 2.11. The van der Waals surface area contributed by atoms with Crippen molar-refractivity contribution in [3.05, 3.63) is 0 Å². The Kier molecular flexibility index (Phi) is 3.12. The SMILES string of the molecule is COC1(OC)CC(C#N)C1(OC)OC. The average Bonchev–Trinajstić information content (AvgIpc) is 2.21. The van der Waals surface area contributed by atoms with E-state index in [0.717, 1.165) is 0 Å². The van der Waals surface area contributed by atoms with Crippen LogP contribution in [0, 0.1) is 17.2 Å². The van der Waals surface area contributed by atoms with Gasteiger partial charge in [0.25, 0.3) is 0 Å². The predicted octanol–water partition coefficient (Wildman–Crippen LogP) is 0.508. The zero-order valence-corrected chi connectivity index (χ0v) is 8.86. The van der Waals surface area contributed by atoms with Gasteiger partial charge in [0.2, 0.25) is 11.6 Å². The summed E-state index contributed by atoms with van der Waals surface area (Å²) < 4.78 is 20.9. The molecule has 1 aliphatic rings. The summed E-state index contributed by atoms with van der Waals surface area (Å²) in [5.74, 6) is -2.47. The number of hydrogen-bond acceptors (Lipinski definition) is 5. The van der Waals surface area contributed by atoms with Gasteiger partial charge in [0.1, 0.15) is 5.92 Å². The van der Waals surface area contributed by atoms with Gasteiger partial charge in [0, 0.05) is 34.9 Å². The molecular formula is C9H15NO4. The number of nitrogens with zero attached hydrogens (tertiary/aromatic N) is 1. The molecule has 0 aromatic heterocycles. The smallest absolute Gasteiger partial charge is 0.239 e.